The molecular weight excluding hydrogens is 326 g/mol. The minimum absolute atomic E-state index is 0.00499. The van der Waals surface area contributed by atoms with Crippen LogP contribution < -0.4 is 16.2 Å². The highest BCUT2D eigenvalue weighted by molar-refractivity contribution is 9.10. The molecule has 6 heteroatoms. The maximum atomic E-state index is 11.8. The molecule has 3 rings (SSSR count). The summed E-state index contributed by atoms with van der Waals surface area (Å²) in [6.07, 6.45) is -0.00499. The molecule has 4 atom stereocenters. The third-order valence-corrected chi connectivity index (χ3v) is 5.78. The predicted octanol–water partition coefficient (Wildman–Crippen LogP) is 1.79. The van der Waals surface area contributed by atoms with Crippen molar-refractivity contribution in [3.05, 3.63) is 34.3 Å². The molecule has 1 aromatic carbocycles. The maximum Gasteiger partial charge on any atom is 0.231 e. The first-order chi connectivity index (χ1) is 9.16. The molecule has 2 saturated heterocycles. The van der Waals surface area contributed by atoms with Gasteiger partial charge in [-0.25, -0.2) is 5.43 Å². The highest BCUT2D eigenvalue weighted by Crippen LogP contribution is 2.44. The Morgan fingerprint density at radius 3 is 2.89 bits per heavy atom. The number of carbonyl (C=O) groups is 1. The molecule has 2 aliphatic rings. The number of hydrogen-bond donors (Lipinski definition) is 3. The second-order valence-electron chi connectivity index (χ2n) is 4.95. The van der Waals surface area contributed by atoms with Crippen LogP contribution in [0.1, 0.15) is 17.7 Å². The third-order valence-electron chi connectivity index (χ3n) is 3.70. The summed E-state index contributed by atoms with van der Waals surface area (Å²) in [6, 6.07) is 8.58. The minimum atomic E-state index is -0.00499. The van der Waals surface area contributed by atoms with Crippen LogP contribution >= 0.6 is 27.7 Å². The molecule has 3 N–H and O–H groups in total. The lowest BCUT2D eigenvalue weighted by Gasteiger charge is -2.27. The topological polar surface area (TPSA) is 53.2 Å². The van der Waals surface area contributed by atoms with Crippen LogP contribution in [0.25, 0.3) is 0 Å². The number of rotatable bonds is 1. The van der Waals surface area contributed by atoms with Gasteiger partial charge in [-0.3, -0.25) is 10.2 Å². The highest BCUT2D eigenvalue weighted by atomic mass is 79.9. The van der Waals surface area contributed by atoms with Gasteiger partial charge in [-0.15, -0.1) is 11.8 Å². The van der Waals surface area contributed by atoms with E-state index in [1.165, 1.54) is 5.56 Å². The molecule has 1 amide bonds. The molecule has 2 heterocycles. The van der Waals surface area contributed by atoms with Crippen LogP contribution in [0, 0.1) is 5.92 Å². The molecule has 0 radical (unpaired) electrons. The van der Waals surface area contributed by atoms with Gasteiger partial charge in [-0.1, -0.05) is 34.1 Å². The molecule has 2 aliphatic heterocycles. The number of hydrazine groups is 1. The van der Waals surface area contributed by atoms with Crippen LogP contribution in [0.2, 0.25) is 0 Å². The average molecular weight is 342 g/mol. The van der Waals surface area contributed by atoms with E-state index in [4.69, 9.17) is 0 Å². The van der Waals surface area contributed by atoms with E-state index in [1.54, 1.807) is 11.8 Å². The zero-order valence-electron chi connectivity index (χ0n) is 10.5. The number of benzene rings is 1. The molecule has 19 heavy (non-hydrogen) atoms. The summed E-state index contributed by atoms with van der Waals surface area (Å²) in [5.74, 6) is 0.932. The zero-order chi connectivity index (χ0) is 13.4. The molecule has 102 valence electrons. The lowest BCUT2D eigenvalue weighted by atomic mass is 9.91. The molecule has 4 unspecified atom stereocenters. The Kier molecular flexibility index (Phi) is 3.84. The van der Waals surface area contributed by atoms with E-state index in [9.17, 15) is 4.79 Å². The van der Waals surface area contributed by atoms with Gasteiger partial charge in [0.15, 0.2) is 0 Å². The third kappa shape index (κ3) is 2.54. The Labute approximate surface area is 125 Å². The number of fused-ring (bicyclic) bond motifs is 1. The van der Waals surface area contributed by atoms with Crippen molar-refractivity contribution in [2.75, 3.05) is 5.75 Å². The first kappa shape index (κ1) is 13.4. The summed E-state index contributed by atoms with van der Waals surface area (Å²) in [5.41, 5.74) is 7.68. The van der Waals surface area contributed by atoms with Crippen molar-refractivity contribution in [3.8, 4) is 0 Å². The molecular formula is C13H16BrN3OS. The molecule has 2 fully saturated rings. The smallest absolute Gasteiger partial charge is 0.231 e. The quantitative estimate of drug-likeness (QED) is 0.729. The van der Waals surface area contributed by atoms with Gasteiger partial charge >= 0.3 is 0 Å². The number of halogens is 1. The summed E-state index contributed by atoms with van der Waals surface area (Å²) in [5, 5.41) is 3.33. The molecule has 0 saturated carbocycles. The first-order valence-corrected chi connectivity index (χ1v) is 8.17. The average Bonchev–Trinajstić information content (AvgIpc) is 2.65. The largest absolute Gasteiger partial charge is 0.338 e. The fourth-order valence-corrected chi connectivity index (χ4v) is 4.86. The number of thioether (sulfide) groups is 1. The molecule has 1 aromatic rings. The fourth-order valence-electron chi connectivity index (χ4n) is 2.77. The van der Waals surface area contributed by atoms with Crippen molar-refractivity contribution in [3.63, 3.8) is 0 Å². The molecule has 0 spiro atoms. The zero-order valence-corrected chi connectivity index (χ0v) is 12.9. The van der Waals surface area contributed by atoms with Crippen LogP contribution in [0.5, 0.6) is 0 Å². The van der Waals surface area contributed by atoms with E-state index >= 15 is 0 Å². The number of nitrogens with one attached hydrogen (secondary N) is 3. The van der Waals surface area contributed by atoms with E-state index < -0.39 is 0 Å². The molecule has 4 nitrogen and oxygen atoms in total. The van der Waals surface area contributed by atoms with Crippen molar-refractivity contribution in [2.24, 2.45) is 5.92 Å². The molecule has 0 aromatic heterocycles. The number of carbonyl (C=O) groups excluding carboxylic acids is 1. The van der Waals surface area contributed by atoms with Crippen molar-refractivity contribution in [1.82, 2.24) is 16.2 Å². The van der Waals surface area contributed by atoms with Crippen LogP contribution in [0.15, 0.2) is 28.7 Å². The minimum Gasteiger partial charge on any atom is -0.338 e. The van der Waals surface area contributed by atoms with Crippen molar-refractivity contribution in [1.29, 1.82) is 0 Å². The predicted molar refractivity (Wildman–Crippen MR) is 80.5 cm³/mol. The SMILES string of the molecule is CC1NNC2NC(=O)CSC(c3ccccc3Br)C12. The lowest BCUT2D eigenvalue weighted by Crippen LogP contribution is -2.46. The van der Waals surface area contributed by atoms with Gasteiger partial charge in [-0.2, -0.15) is 0 Å². The summed E-state index contributed by atoms with van der Waals surface area (Å²) in [4.78, 5) is 11.8. The first-order valence-electron chi connectivity index (χ1n) is 6.33. The van der Waals surface area contributed by atoms with Gasteiger partial charge in [0.05, 0.1) is 11.9 Å². The highest BCUT2D eigenvalue weighted by Gasteiger charge is 2.43. The summed E-state index contributed by atoms with van der Waals surface area (Å²) >= 11 is 5.35. The maximum absolute atomic E-state index is 11.8. The Hall–Kier alpha value is -0.560. The van der Waals surface area contributed by atoms with Crippen molar-refractivity contribution >= 4 is 33.6 Å². The summed E-state index contributed by atoms with van der Waals surface area (Å²) in [6.45, 7) is 2.15. The lowest BCUT2D eigenvalue weighted by molar-refractivity contribution is -0.119. The van der Waals surface area contributed by atoms with E-state index in [0.29, 0.717) is 17.7 Å². The molecule has 0 aliphatic carbocycles. The second-order valence-corrected chi connectivity index (χ2v) is 6.94. The Bertz CT molecular complexity index is 499. The van der Waals surface area contributed by atoms with Gasteiger partial charge in [0.1, 0.15) is 0 Å². The standard InChI is InChI=1S/C13H16BrN3OS/c1-7-11-12(8-4-2-3-5-9(8)14)19-6-10(18)15-13(11)17-16-7/h2-5,7,11-13,16-17H,6H2,1H3,(H,15,18). The van der Waals surface area contributed by atoms with Gasteiger partial charge in [0.2, 0.25) is 5.91 Å². The van der Waals surface area contributed by atoms with Gasteiger partial charge in [0, 0.05) is 21.7 Å². The van der Waals surface area contributed by atoms with Crippen LogP contribution in [-0.2, 0) is 4.79 Å². The molecule has 0 bridgehead atoms. The number of hydrogen-bond acceptors (Lipinski definition) is 4. The van der Waals surface area contributed by atoms with E-state index in [2.05, 4.69) is 57.2 Å². The van der Waals surface area contributed by atoms with E-state index in [0.717, 1.165) is 4.47 Å². The van der Waals surface area contributed by atoms with E-state index in [1.807, 2.05) is 6.07 Å². The fraction of sp³-hybridized carbons (Fsp3) is 0.462. The Balaban J connectivity index is 1.98. The monoisotopic (exact) mass is 341 g/mol. The summed E-state index contributed by atoms with van der Waals surface area (Å²) in [7, 11) is 0. The van der Waals surface area contributed by atoms with Gasteiger partial charge in [0.25, 0.3) is 0 Å². The van der Waals surface area contributed by atoms with Crippen LogP contribution in [0.3, 0.4) is 0 Å². The van der Waals surface area contributed by atoms with Crippen molar-refractivity contribution < 1.29 is 4.79 Å². The normalized spacial score (nSPS) is 34.5. The van der Waals surface area contributed by atoms with Gasteiger partial charge in [-0.05, 0) is 18.6 Å². The Morgan fingerprint density at radius 1 is 1.32 bits per heavy atom. The number of amides is 1. The van der Waals surface area contributed by atoms with Crippen LogP contribution in [-0.4, -0.2) is 23.9 Å². The van der Waals surface area contributed by atoms with Gasteiger partial charge < -0.3 is 5.32 Å². The van der Waals surface area contributed by atoms with Crippen molar-refractivity contribution in [2.45, 2.75) is 24.4 Å². The second kappa shape index (κ2) is 5.44. The van der Waals surface area contributed by atoms with E-state index in [-0.39, 0.29) is 17.3 Å². The summed E-state index contributed by atoms with van der Waals surface area (Å²) < 4.78 is 1.11. The Morgan fingerprint density at radius 2 is 2.11 bits per heavy atom. The van der Waals surface area contributed by atoms with Crippen LogP contribution in [0.4, 0.5) is 0 Å².